The summed E-state index contributed by atoms with van der Waals surface area (Å²) in [5, 5.41) is 2.75. The largest absolute Gasteiger partial charge is 0.493 e. The van der Waals surface area contributed by atoms with E-state index in [2.05, 4.69) is 4.98 Å². The molecule has 0 N–H and O–H groups in total. The maximum atomic E-state index is 13.7. The van der Waals surface area contributed by atoms with Gasteiger partial charge in [0.05, 0.1) is 43.3 Å². The Bertz CT molecular complexity index is 1570. The van der Waals surface area contributed by atoms with Crippen molar-refractivity contribution < 1.29 is 23.7 Å². The summed E-state index contributed by atoms with van der Waals surface area (Å²) in [6, 6.07) is 10.8. The van der Waals surface area contributed by atoms with Crippen LogP contribution in [0.1, 0.15) is 6.92 Å². The van der Waals surface area contributed by atoms with Gasteiger partial charge in [-0.05, 0) is 43.3 Å². The second-order valence-electron chi connectivity index (χ2n) is 7.38. The van der Waals surface area contributed by atoms with Crippen molar-refractivity contribution in [2.45, 2.75) is 13.0 Å². The van der Waals surface area contributed by atoms with Gasteiger partial charge in [0.15, 0.2) is 17.6 Å². The van der Waals surface area contributed by atoms with Crippen LogP contribution in [0.2, 0.25) is 0 Å². The molecule has 0 aliphatic heterocycles. The Hall–Kier alpha value is -4.07. The Morgan fingerprint density at radius 2 is 1.81 bits per heavy atom. The van der Waals surface area contributed by atoms with Crippen molar-refractivity contribution in [1.29, 1.82) is 0 Å². The van der Waals surface area contributed by atoms with Gasteiger partial charge < -0.3 is 18.9 Å². The number of ether oxygens (including phenoxy) is 4. The van der Waals surface area contributed by atoms with Crippen LogP contribution in [-0.2, 0) is 9.53 Å². The lowest BCUT2D eigenvalue weighted by molar-refractivity contribution is -0.147. The van der Waals surface area contributed by atoms with Crippen LogP contribution in [0.4, 0.5) is 0 Å². The van der Waals surface area contributed by atoms with E-state index in [-0.39, 0.29) is 5.56 Å². The number of rotatable bonds is 5. The Balaban J connectivity index is 1.88. The molecule has 2 aromatic carbocycles. The maximum absolute atomic E-state index is 13.7. The molecule has 8 nitrogen and oxygen atoms in total. The van der Waals surface area contributed by atoms with Crippen LogP contribution in [0.25, 0.3) is 38.1 Å². The minimum atomic E-state index is -0.763. The summed E-state index contributed by atoms with van der Waals surface area (Å²) in [4.78, 5) is 30.0. The molecule has 8 heteroatoms. The number of benzene rings is 2. The first-order chi connectivity index (χ1) is 15.5. The van der Waals surface area contributed by atoms with Crippen LogP contribution < -0.4 is 19.8 Å². The van der Waals surface area contributed by atoms with Crippen molar-refractivity contribution in [2.75, 3.05) is 21.3 Å². The van der Waals surface area contributed by atoms with Crippen LogP contribution in [0.3, 0.4) is 0 Å². The maximum Gasteiger partial charge on any atom is 0.346 e. The van der Waals surface area contributed by atoms with Gasteiger partial charge in [-0.2, -0.15) is 0 Å². The Morgan fingerprint density at radius 1 is 1.00 bits per heavy atom. The van der Waals surface area contributed by atoms with Crippen LogP contribution in [0, 0.1) is 0 Å². The van der Waals surface area contributed by atoms with Crippen LogP contribution in [0.15, 0.2) is 47.4 Å². The highest BCUT2D eigenvalue weighted by Gasteiger charge is 2.22. The van der Waals surface area contributed by atoms with E-state index < -0.39 is 12.1 Å². The normalized spacial score (nSPS) is 12.5. The third-order valence-corrected chi connectivity index (χ3v) is 5.71. The monoisotopic (exact) mass is 432 g/mol. The molecular formula is C24H20N2O6. The average Bonchev–Trinajstić information content (AvgIpc) is 3.15. The fourth-order valence-corrected chi connectivity index (χ4v) is 4.29. The Morgan fingerprint density at radius 3 is 2.53 bits per heavy atom. The second-order valence-corrected chi connectivity index (χ2v) is 7.38. The number of esters is 1. The number of nitrogens with zero attached hydrogens (tertiary/aromatic N) is 2. The zero-order valence-corrected chi connectivity index (χ0v) is 18.0. The van der Waals surface area contributed by atoms with Gasteiger partial charge in [-0.1, -0.05) is 0 Å². The summed E-state index contributed by atoms with van der Waals surface area (Å²) < 4.78 is 23.1. The second kappa shape index (κ2) is 7.26. The molecule has 0 spiro atoms. The van der Waals surface area contributed by atoms with E-state index in [4.69, 9.17) is 18.9 Å². The van der Waals surface area contributed by atoms with Crippen molar-refractivity contribution in [3.05, 3.63) is 52.9 Å². The first-order valence-electron chi connectivity index (χ1n) is 9.97. The van der Waals surface area contributed by atoms with Crippen molar-refractivity contribution in [3.63, 3.8) is 0 Å². The highest BCUT2D eigenvalue weighted by molar-refractivity contribution is 6.19. The third-order valence-electron chi connectivity index (χ3n) is 5.71. The lowest BCUT2D eigenvalue weighted by atomic mass is 10.1. The summed E-state index contributed by atoms with van der Waals surface area (Å²) in [5.41, 5.74) is 1.87. The lowest BCUT2D eigenvalue weighted by Gasteiger charge is -2.12. The molecule has 3 aromatic heterocycles. The minimum Gasteiger partial charge on any atom is -0.493 e. The molecule has 1 atom stereocenters. The van der Waals surface area contributed by atoms with Crippen LogP contribution in [0.5, 0.6) is 17.2 Å². The summed E-state index contributed by atoms with van der Waals surface area (Å²) in [6.07, 6.45) is 0.948. The number of hydrogen-bond acceptors (Lipinski definition) is 7. The number of carbonyl (C=O) groups is 1. The molecule has 5 rings (SSSR count). The van der Waals surface area contributed by atoms with E-state index in [1.54, 1.807) is 35.7 Å². The van der Waals surface area contributed by atoms with Gasteiger partial charge in [0.25, 0.3) is 5.56 Å². The molecule has 0 saturated carbocycles. The molecule has 0 saturated heterocycles. The summed E-state index contributed by atoms with van der Waals surface area (Å²) in [5.74, 6) is 0.868. The van der Waals surface area contributed by atoms with E-state index in [9.17, 15) is 9.59 Å². The summed E-state index contributed by atoms with van der Waals surface area (Å²) in [7, 11) is 4.36. The quantitative estimate of drug-likeness (QED) is 0.310. The molecule has 0 amide bonds. The topological polar surface area (TPSA) is 88.4 Å². The van der Waals surface area contributed by atoms with Gasteiger partial charge in [0.2, 0.25) is 0 Å². The van der Waals surface area contributed by atoms with Gasteiger partial charge in [-0.3, -0.25) is 14.2 Å². The van der Waals surface area contributed by atoms with Crippen molar-refractivity contribution in [3.8, 4) is 17.2 Å². The van der Waals surface area contributed by atoms with E-state index in [0.717, 1.165) is 10.8 Å². The first-order valence-corrected chi connectivity index (χ1v) is 9.97. The van der Waals surface area contributed by atoms with E-state index in [0.29, 0.717) is 44.6 Å². The predicted molar refractivity (Wildman–Crippen MR) is 120 cm³/mol. The molecular weight excluding hydrogens is 412 g/mol. The van der Waals surface area contributed by atoms with Crippen molar-refractivity contribution in [2.24, 2.45) is 0 Å². The number of aromatic nitrogens is 2. The van der Waals surface area contributed by atoms with Crippen molar-refractivity contribution >= 4 is 44.1 Å². The lowest BCUT2D eigenvalue weighted by Crippen LogP contribution is -2.24. The number of carbonyl (C=O) groups excluding carboxylic acids is 1. The summed E-state index contributed by atoms with van der Waals surface area (Å²) >= 11 is 0. The molecule has 32 heavy (non-hydrogen) atoms. The van der Waals surface area contributed by atoms with Crippen LogP contribution in [-0.4, -0.2) is 42.8 Å². The molecule has 1 unspecified atom stereocenters. The van der Waals surface area contributed by atoms with E-state index in [1.807, 2.05) is 18.2 Å². The number of hydrogen-bond donors (Lipinski definition) is 0. The third kappa shape index (κ3) is 2.65. The predicted octanol–water partition coefficient (Wildman–Crippen LogP) is 3.55. The van der Waals surface area contributed by atoms with Gasteiger partial charge in [0.1, 0.15) is 5.75 Å². The standard InChI is InChI=1S/C24H20N2O6/c1-12(24(28)31-4)32-13-5-7-17-16(11-13)14-9-10-25-20-15-6-8-18(29-2)22(30-3)19(15)23(27)26(17)21(14)20/h5-12H,1-4H3. The zero-order chi connectivity index (χ0) is 22.6. The van der Waals surface area contributed by atoms with Crippen molar-refractivity contribution in [1.82, 2.24) is 9.38 Å². The van der Waals surface area contributed by atoms with Gasteiger partial charge in [-0.25, -0.2) is 4.79 Å². The number of pyridine rings is 2. The molecule has 0 aliphatic carbocycles. The molecule has 3 heterocycles. The highest BCUT2D eigenvalue weighted by Crippen LogP contribution is 2.39. The SMILES string of the molecule is COC(=O)C(C)Oc1ccc2c(c1)c1ccnc3c4ccc(OC)c(OC)c4c(=O)n2c13. The fourth-order valence-electron chi connectivity index (χ4n) is 4.29. The molecule has 0 bridgehead atoms. The number of fused-ring (bicyclic) bond motifs is 5. The van der Waals surface area contributed by atoms with Gasteiger partial charge in [-0.15, -0.1) is 0 Å². The highest BCUT2D eigenvalue weighted by atomic mass is 16.6. The minimum absolute atomic E-state index is 0.229. The number of methoxy groups -OCH3 is 3. The fraction of sp³-hybridized carbons (Fsp3) is 0.208. The average molecular weight is 432 g/mol. The van der Waals surface area contributed by atoms with Gasteiger partial charge in [0, 0.05) is 22.4 Å². The molecule has 0 fully saturated rings. The molecule has 5 aromatic rings. The smallest absolute Gasteiger partial charge is 0.346 e. The zero-order valence-electron chi connectivity index (χ0n) is 18.0. The summed E-state index contributed by atoms with van der Waals surface area (Å²) in [6.45, 7) is 1.62. The molecule has 0 aliphatic rings. The van der Waals surface area contributed by atoms with E-state index in [1.165, 1.54) is 21.3 Å². The molecule has 0 radical (unpaired) electrons. The Labute approximate surface area is 182 Å². The Kier molecular flexibility index (Phi) is 4.51. The van der Waals surface area contributed by atoms with E-state index >= 15 is 0 Å². The first kappa shape index (κ1) is 19.9. The molecule has 162 valence electrons. The van der Waals surface area contributed by atoms with Gasteiger partial charge >= 0.3 is 5.97 Å². The van der Waals surface area contributed by atoms with Crippen LogP contribution >= 0.6 is 0 Å².